The number of rotatable bonds is 5. The van der Waals surface area contributed by atoms with Gasteiger partial charge < -0.3 is 28.9 Å². The van der Waals surface area contributed by atoms with Crippen LogP contribution in [0, 0.1) is 0 Å². The molecule has 0 amide bonds. The lowest BCUT2D eigenvalue weighted by Gasteiger charge is -2.39. The van der Waals surface area contributed by atoms with Crippen LogP contribution in [0.5, 0.6) is 0 Å². The molecule has 0 aliphatic carbocycles. The number of hydrogen-bond acceptors (Lipinski definition) is 11. The number of oxime groups is 1. The summed E-state index contributed by atoms with van der Waals surface area (Å²) < 4.78 is 25.2. The van der Waals surface area contributed by atoms with Crippen LogP contribution in [0.1, 0.15) is 27.7 Å². The maximum atomic E-state index is 11.4. The monoisotopic (exact) mass is 361 g/mol. The van der Waals surface area contributed by atoms with Crippen LogP contribution in [0.15, 0.2) is 5.16 Å². The highest BCUT2D eigenvalue weighted by Crippen LogP contribution is 2.25. The van der Waals surface area contributed by atoms with Gasteiger partial charge in [0.05, 0.1) is 0 Å². The lowest BCUT2D eigenvalue weighted by molar-refractivity contribution is -0.220. The van der Waals surface area contributed by atoms with Crippen molar-refractivity contribution < 1.29 is 48.1 Å². The van der Waals surface area contributed by atoms with Crippen LogP contribution in [-0.4, -0.2) is 66.0 Å². The maximum Gasteiger partial charge on any atom is 0.305 e. The van der Waals surface area contributed by atoms with Crippen LogP contribution >= 0.6 is 0 Å². The molecular formula is C14H19NO10. The summed E-state index contributed by atoms with van der Waals surface area (Å²) in [6, 6.07) is 0. The molecule has 0 radical (unpaired) electrons. The highest BCUT2D eigenvalue weighted by atomic mass is 16.7. The number of carbonyl (C=O) groups is 4. The van der Waals surface area contributed by atoms with Gasteiger partial charge in [-0.15, -0.1) is 0 Å². The van der Waals surface area contributed by atoms with Gasteiger partial charge in [-0.05, 0) is 0 Å². The molecule has 0 bridgehead atoms. The van der Waals surface area contributed by atoms with Gasteiger partial charge in [-0.3, -0.25) is 19.2 Å². The lowest BCUT2D eigenvalue weighted by atomic mass is 9.99. The molecule has 1 aliphatic heterocycles. The number of esters is 4. The van der Waals surface area contributed by atoms with Gasteiger partial charge in [0.1, 0.15) is 12.7 Å². The zero-order valence-electron chi connectivity index (χ0n) is 14.1. The Morgan fingerprint density at radius 2 is 1.52 bits per heavy atom. The Bertz CT molecular complexity index is 572. The van der Waals surface area contributed by atoms with Gasteiger partial charge in [0.15, 0.2) is 17.9 Å². The van der Waals surface area contributed by atoms with Crippen LogP contribution in [0.3, 0.4) is 0 Å². The molecule has 1 saturated heterocycles. The fraction of sp³-hybridized carbons (Fsp3) is 0.643. The second-order valence-corrected chi connectivity index (χ2v) is 5.05. The summed E-state index contributed by atoms with van der Waals surface area (Å²) in [5, 5.41) is 12.2. The molecule has 0 aromatic rings. The average molecular weight is 361 g/mol. The topological polar surface area (TPSA) is 147 Å². The fourth-order valence-electron chi connectivity index (χ4n) is 2.12. The SMILES string of the molecule is CC(=O)OC[C@H]1O[C@H](OC(C)=O)/C(=N/O)[C@@H](OC(C)=O)[C@H]1OC(C)=O. The van der Waals surface area contributed by atoms with E-state index in [1.807, 2.05) is 0 Å². The molecule has 140 valence electrons. The minimum atomic E-state index is -1.53. The third-order valence-corrected chi connectivity index (χ3v) is 2.93. The Morgan fingerprint density at radius 3 is 1.96 bits per heavy atom. The van der Waals surface area contributed by atoms with E-state index in [1.54, 1.807) is 0 Å². The van der Waals surface area contributed by atoms with Crippen molar-refractivity contribution in [2.75, 3.05) is 6.61 Å². The van der Waals surface area contributed by atoms with Gasteiger partial charge in [0.2, 0.25) is 0 Å². The van der Waals surface area contributed by atoms with Gasteiger partial charge >= 0.3 is 23.9 Å². The van der Waals surface area contributed by atoms with Crippen molar-refractivity contribution in [3.05, 3.63) is 0 Å². The number of hydrogen-bond donors (Lipinski definition) is 1. The molecule has 11 heteroatoms. The van der Waals surface area contributed by atoms with E-state index in [4.69, 9.17) is 23.7 Å². The Morgan fingerprint density at radius 1 is 0.960 bits per heavy atom. The molecule has 4 atom stereocenters. The number of ether oxygens (including phenoxy) is 5. The molecule has 25 heavy (non-hydrogen) atoms. The van der Waals surface area contributed by atoms with Crippen LogP contribution in [0.4, 0.5) is 0 Å². The Balaban J connectivity index is 3.22. The minimum Gasteiger partial charge on any atom is -0.463 e. The quantitative estimate of drug-likeness (QED) is 0.295. The second kappa shape index (κ2) is 8.97. The predicted molar refractivity (Wildman–Crippen MR) is 77.4 cm³/mol. The summed E-state index contributed by atoms with van der Waals surface area (Å²) in [6.45, 7) is 4.02. The van der Waals surface area contributed by atoms with Crippen LogP contribution in [0.2, 0.25) is 0 Å². The fourth-order valence-corrected chi connectivity index (χ4v) is 2.12. The van der Waals surface area contributed by atoms with Gasteiger partial charge in [-0.1, -0.05) is 5.16 Å². The first-order valence-electron chi connectivity index (χ1n) is 7.18. The number of carbonyl (C=O) groups excluding carboxylic acids is 4. The van der Waals surface area contributed by atoms with E-state index in [0.29, 0.717) is 0 Å². The Hall–Kier alpha value is -2.69. The molecule has 0 aromatic carbocycles. The van der Waals surface area contributed by atoms with E-state index < -0.39 is 54.2 Å². The number of nitrogens with zero attached hydrogens (tertiary/aromatic N) is 1. The van der Waals surface area contributed by atoms with Gasteiger partial charge in [0.25, 0.3) is 6.29 Å². The van der Waals surface area contributed by atoms with E-state index in [-0.39, 0.29) is 6.61 Å². The van der Waals surface area contributed by atoms with Crippen molar-refractivity contribution >= 4 is 29.6 Å². The molecule has 0 spiro atoms. The first kappa shape index (κ1) is 20.4. The van der Waals surface area contributed by atoms with Crippen molar-refractivity contribution in [1.29, 1.82) is 0 Å². The molecule has 11 nitrogen and oxygen atoms in total. The van der Waals surface area contributed by atoms with Gasteiger partial charge in [-0.25, -0.2) is 0 Å². The molecule has 1 aliphatic rings. The molecule has 1 N–H and O–H groups in total. The smallest absolute Gasteiger partial charge is 0.305 e. The average Bonchev–Trinajstić information content (AvgIpc) is 2.46. The second-order valence-electron chi connectivity index (χ2n) is 5.05. The molecule has 0 saturated carbocycles. The van der Waals surface area contributed by atoms with E-state index in [2.05, 4.69) is 5.16 Å². The first-order chi connectivity index (χ1) is 11.6. The van der Waals surface area contributed by atoms with Crippen molar-refractivity contribution in [3.63, 3.8) is 0 Å². The summed E-state index contributed by atoms with van der Waals surface area (Å²) in [7, 11) is 0. The molecule has 0 aromatic heterocycles. The first-order valence-corrected chi connectivity index (χ1v) is 7.18. The highest BCUT2D eigenvalue weighted by molar-refractivity contribution is 5.95. The summed E-state index contributed by atoms with van der Waals surface area (Å²) in [5.41, 5.74) is -0.393. The van der Waals surface area contributed by atoms with Crippen LogP contribution < -0.4 is 0 Å². The largest absolute Gasteiger partial charge is 0.463 e. The van der Waals surface area contributed by atoms with E-state index in [0.717, 1.165) is 27.7 Å². The van der Waals surface area contributed by atoms with Crippen LogP contribution in [0.25, 0.3) is 0 Å². The van der Waals surface area contributed by atoms with E-state index in [9.17, 15) is 24.4 Å². The minimum absolute atomic E-state index is 0.387. The molecule has 0 unspecified atom stereocenters. The molecular weight excluding hydrogens is 342 g/mol. The van der Waals surface area contributed by atoms with E-state index >= 15 is 0 Å². The standard InChI is InChI=1S/C14H19NO10/c1-6(16)21-5-10-12(22-7(2)17)13(23-8(3)18)11(15-20)14(25-10)24-9(4)19/h10,12-14,20H,5H2,1-4H3/b15-11+/t10-,12+,13-,14+/m1/s1. The van der Waals surface area contributed by atoms with E-state index in [1.165, 1.54) is 0 Å². The Labute approximate surface area is 142 Å². The molecule has 1 rings (SSSR count). The summed E-state index contributed by atoms with van der Waals surface area (Å²) in [6.07, 6.45) is -5.38. The van der Waals surface area contributed by atoms with Gasteiger partial charge in [-0.2, -0.15) is 0 Å². The Kier molecular flexibility index (Phi) is 7.30. The molecule has 1 heterocycles. The zero-order valence-corrected chi connectivity index (χ0v) is 14.1. The van der Waals surface area contributed by atoms with Crippen molar-refractivity contribution in [2.24, 2.45) is 5.16 Å². The van der Waals surface area contributed by atoms with Crippen molar-refractivity contribution in [1.82, 2.24) is 0 Å². The normalized spacial score (nSPS) is 27.3. The van der Waals surface area contributed by atoms with Gasteiger partial charge in [0, 0.05) is 27.7 Å². The molecule has 1 fully saturated rings. The predicted octanol–water partition coefficient (Wildman–Crippen LogP) is -0.469. The summed E-state index contributed by atoms with van der Waals surface area (Å²) in [4.78, 5) is 45.0. The van der Waals surface area contributed by atoms with Crippen LogP contribution in [-0.2, 0) is 42.9 Å². The zero-order chi connectivity index (χ0) is 19.1. The lowest BCUT2D eigenvalue weighted by Crippen LogP contribution is -2.60. The third kappa shape index (κ3) is 6.03. The highest BCUT2D eigenvalue weighted by Gasteiger charge is 2.50. The summed E-state index contributed by atoms with van der Waals surface area (Å²) >= 11 is 0. The summed E-state index contributed by atoms with van der Waals surface area (Å²) in [5.74, 6) is -2.94. The maximum absolute atomic E-state index is 11.4. The van der Waals surface area contributed by atoms with Crippen molar-refractivity contribution in [3.8, 4) is 0 Å². The van der Waals surface area contributed by atoms with Crippen molar-refractivity contribution in [2.45, 2.75) is 52.3 Å². The third-order valence-electron chi connectivity index (χ3n) is 2.93.